The molecule has 2 N–H and O–H groups in total. The molecular weight excluding hydrogens is 444 g/mol. The van der Waals surface area contributed by atoms with Gasteiger partial charge < -0.3 is 10.4 Å². The third kappa shape index (κ3) is 3.85. The molecule has 4 nitrogen and oxygen atoms in total. The first-order valence-electron chi connectivity index (χ1n) is 6.55. The van der Waals surface area contributed by atoms with Gasteiger partial charge in [0.1, 0.15) is 5.75 Å². The molecule has 1 aliphatic rings. The molecule has 7 heteroatoms. The van der Waals surface area contributed by atoms with Gasteiger partial charge in [-0.15, -0.1) is 0 Å². The topological polar surface area (TPSA) is 61.7 Å². The Labute approximate surface area is 154 Å². The number of aromatic hydroxyl groups is 1. The maximum atomic E-state index is 12.1. The lowest BCUT2D eigenvalue weighted by Gasteiger charge is -2.03. The van der Waals surface area contributed by atoms with Crippen LogP contribution in [0, 0.1) is 0 Å². The number of amides is 1. The molecule has 23 heavy (non-hydrogen) atoms. The number of benzene rings is 2. The Kier molecular flexibility index (Phi) is 4.89. The van der Waals surface area contributed by atoms with Crippen molar-refractivity contribution in [3.63, 3.8) is 0 Å². The van der Waals surface area contributed by atoms with Gasteiger partial charge in [0.25, 0.3) is 5.91 Å². The number of rotatable bonds is 2. The Hall–Kier alpha value is -1.57. The minimum atomic E-state index is -0.236. The van der Waals surface area contributed by atoms with Gasteiger partial charge in [-0.25, -0.2) is 4.99 Å². The van der Waals surface area contributed by atoms with Crippen molar-refractivity contribution < 1.29 is 9.90 Å². The number of phenols is 1. The van der Waals surface area contributed by atoms with E-state index in [9.17, 15) is 9.90 Å². The van der Waals surface area contributed by atoms with Crippen LogP contribution in [0.3, 0.4) is 0 Å². The highest BCUT2D eigenvalue weighted by atomic mass is 79.9. The molecule has 3 rings (SSSR count). The highest BCUT2D eigenvalue weighted by Gasteiger charge is 2.24. The van der Waals surface area contributed by atoms with E-state index >= 15 is 0 Å². The Morgan fingerprint density at radius 2 is 1.91 bits per heavy atom. The van der Waals surface area contributed by atoms with Crippen molar-refractivity contribution in [2.45, 2.75) is 0 Å². The van der Waals surface area contributed by atoms with Gasteiger partial charge >= 0.3 is 0 Å². The molecule has 1 fully saturated rings. The lowest BCUT2D eigenvalue weighted by atomic mass is 10.2. The fraction of sp³-hybridized carbons (Fsp3) is 0. The van der Waals surface area contributed by atoms with E-state index in [0.29, 0.717) is 20.1 Å². The second-order valence-electron chi connectivity index (χ2n) is 4.64. The summed E-state index contributed by atoms with van der Waals surface area (Å²) in [6.07, 6.45) is 1.64. The van der Waals surface area contributed by atoms with Crippen LogP contribution in [0.1, 0.15) is 5.56 Å². The minimum absolute atomic E-state index is 0.0857. The number of aliphatic imine (C=N–C) groups is 1. The van der Waals surface area contributed by atoms with Crippen molar-refractivity contribution in [2.24, 2.45) is 4.99 Å². The van der Waals surface area contributed by atoms with Crippen molar-refractivity contribution in [1.82, 2.24) is 5.32 Å². The highest BCUT2D eigenvalue weighted by molar-refractivity contribution is 9.11. The van der Waals surface area contributed by atoms with E-state index in [1.807, 2.05) is 30.3 Å². The number of hydrogen-bond acceptors (Lipinski definition) is 4. The Bertz CT molecular complexity index is 835. The van der Waals surface area contributed by atoms with Gasteiger partial charge in [-0.2, -0.15) is 0 Å². The summed E-state index contributed by atoms with van der Waals surface area (Å²) in [6, 6.07) is 12.9. The number of amidine groups is 1. The zero-order valence-corrected chi connectivity index (χ0v) is 15.6. The molecule has 1 aliphatic heterocycles. The van der Waals surface area contributed by atoms with E-state index in [2.05, 4.69) is 42.2 Å². The summed E-state index contributed by atoms with van der Waals surface area (Å²) in [5, 5.41) is 13.3. The van der Waals surface area contributed by atoms with Crippen LogP contribution >= 0.6 is 43.6 Å². The van der Waals surface area contributed by atoms with Crippen molar-refractivity contribution >= 4 is 66.5 Å². The number of carbonyl (C=O) groups is 1. The van der Waals surface area contributed by atoms with Crippen LogP contribution < -0.4 is 5.32 Å². The van der Waals surface area contributed by atoms with E-state index in [0.717, 1.165) is 10.2 Å². The maximum Gasteiger partial charge on any atom is 0.264 e. The summed E-state index contributed by atoms with van der Waals surface area (Å²) in [6.45, 7) is 0. The van der Waals surface area contributed by atoms with E-state index in [4.69, 9.17) is 0 Å². The number of para-hydroxylation sites is 1. The second-order valence-corrected chi connectivity index (χ2v) is 7.44. The van der Waals surface area contributed by atoms with Crippen LogP contribution in [-0.2, 0) is 4.79 Å². The number of halogens is 2. The highest BCUT2D eigenvalue weighted by Crippen LogP contribution is 2.35. The van der Waals surface area contributed by atoms with Crippen LogP contribution in [0.15, 0.2) is 61.3 Å². The first-order valence-corrected chi connectivity index (χ1v) is 8.96. The predicted octanol–water partition coefficient (Wildman–Crippen LogP) is 4.81. The zero-order valence-electron chi connectivity index (χ0n) is 11.6. The molecule has 0 bridgehead atoms. The smallest absolute Gasteiger partial charge is 0.264 e. The molecule has 0 aromatic heterocycles. The van der Waals surface area contributed by atoms with Crippen molar-refractivity contribution in [3.8, 4) is 5.75 Å². The van der Waals surface area contributed by atoms with Crippen molar-refractivity contribution in [3.05, 3.63) is 61.9 Å². The largest absolute Gasteiger partial charge is 0.506 e. The van der Waals surface area contributed by atoms with E-state index < -0.39 is 0 Å². The van der Waals surface area contributed by atoms with Gasteiger partial charge in [-0.3, -0.25) is 4.79 Å². The molecule has 0 spiro atoms. The van der Waals surface area contributed by atoms with Gasteiger partial charge in [-0.1, -0.05) is 34.1 Å². The molecule has 116 valence electrons. The molecule has 2 aromatic rings. The fourth-order valence-corrected chi connectivity index (χ4v) is 4.03. The monoisotopic (exact) mass is 452 g/mol. The zero-order chi connectivity index (χ0) is 16.4. The first kappa shape index (κ1) is 16.3. The summed E-state index contributed by atoms with van der Waals surface area (Å²) in [5.74, 6) is -0.150. The maximum absolute atomic E-state index is 12.1. The van der Waals surface area contributed by atoms with Crippen LogP contribution in [0.5, 0.6) is 5.75 Å². The molecule has 0 radical (unpaired) electrons. The molecule has 0 saturated carbocycles. The van der Waals surface area contributed by atoms with Gasteiger partial charge in [0.2, 0.25) is 0 Å². The Morgan fingerprint density at radius 3 is 2.65 bits per heavy atom. The van der Waals surface area contributed by atoms with Crippen LogP contribution in [0.25, 0.3) is 6.08 Å². The normalized spacial score (nSPS) is 17.7. The molecule has 0 unspecified atom stereocenters. The van der Waals surface area contributed by atoms with Gasteiger partial charge in [0, 0.05) is 10.0 Å². The first-order chi connectivity index (χ1) is 11.0. The number of nitrogens with zero attached hydrogens (tertiary/aromatic N) is 1. The average Bonchev–Trinajstić information content (AvgIpc) is 2.85. The summed E-state index contributed by atoms with van der Waals surface area (Å²) < 4.78 is 1.36. The number of phenolic OH excluding ortho intramolecular Hbond substituents is 1. The lowest BCUT2D eigenvalue weighted by molar-refractivity contribution is -0.115. The molecule has 0 aliphatic carbocycles. The van der Waals surface area contributed by atoms with Crippen LogP contribution in [0.4, 0.5) is 5.69 Å². The number of nitrogens with one attached hydrogen (secondary N) is 1. The van der Waals surface area contributed by atoms with Crippen molar-refractivity contribution in [2.75, 3.05) is 0 Å². The minimum Gasteiger partial charge on any atom is -0.506 e. The lowest BCUT2D eigenvalue weighted by Crippen LogP contribution is -2.19. The predicted molar refractivity (Wildman–Crippen MR) is 101 cm³/mol. The molecule has 1 saturated heterocycles. The molecule has 1 heterocycles. The van der Waals surface area contributed by atoms with Crippen molar-refractivity contribution in [1.29, 1.82) is 0 Å². The quantitative estimate of drug-likeness (QED) is 0.641. The number of hydrogen-bond donors (Lipinski definition) is 2. The SMILES string of the molecule is O=C1NC(=Nc2ccccc2)S/C1=C\c1cc(Br)cc(Br)c1O. The van der Waals surface area contributed by atoms with Gasteiger partial charge in [0.15, 0.2) is 5.17 Å². The van der Waals surface area contributed by atoms with E-state index in [1.165, 1.54) is 11.8 Å². The fourth-order valence-electron chi connectivity index (χ4n) is 1.94. The summed E-state index contributed by atoms with van der Waals surface area (Å²) in [7, 11) is 0. The molecule has 1 amide bonds. The second kappa shape index (κ2) is 6.90. The third-order valence-electron chi connectivity index (χ3n) is 2.98. The van der Waals surface area contributed by atoms with E-state index in [1.54, 1.807) is 18.2 Å². The molecular formula is C16H10Br2N2O2S. The number of thioether (sulfide) groups is 1. The summed E-state index contributed by atoms with van der Waals surface area (Å²) >= 11 is 7.88. The molecule has 0 atom stereocenters. The summed E-state index contributed by atoms with van der Waals surface area (Å²) in [4.78, 5) is 16.9. The standard InChI is InChI=1S/C16H10Br2N2O2S/c17-10-6-9(14(21)12(18)8-10)7-13-15(22)20-16(23-13)19-11-4-2-1-3-5-11/h1-8,21H,(H,19,20,22)/b13-7-. The Balaban J connectivity index is 1.90. The third-order valence-corrected chi connectivity index (χ3v) is 4.95. The molecule has 2 aromatic carbocycles. The summed E-state index contributed by atoms with van der Waals surface area (Å²) in [5.41, 5.74) is 1.31. The van der Waals surface area contributed by atoms with Crippen LogP contribution in [-0.4, -0.2) is 16.2 Å². The number of carbonyl (C=O) groups excluding carboxylic acids is 1. The van der Waals surface area contributed by atoms with Gasteiger partial charge in [0.05, 0.1) is 15.1 Å². The average molecular weight is 454 g/mol. The van der Waals surface area contributed by atoms with Gasteiger partial charge in [-0.05, 0) is 58.0 Å². The Morgan fingerprint density at radius 1 is 1.17 bits per heavy atom. The van der Waals surface area contributed by atoms with Crippen LogP contribution in [0.2, 0.25) is 0 Å². The van der Waals surface area contributed by atoms with E-state index in [-0.39, 0.29) is 11.7 Å².